The van der Waals surface area contributed by atoms with Crippen LogP contribution < -0.4 is 10.6 Å². The molecule has 16 heteroatoms. The number of para-hydroxylation sites is 2. The predicted molar refractivity (Wildman–Crippen MR) is 206 cm³/mol. The number of nitrogens with zero attached hydrogens (tertiary/aromatic N) is 2. The number of sulfonamides is 2. The number of ether oxygens (including phenoxy) is 2. The van der Waals surface area contributed by atoms with E-state index in [1.807, 2.05) is 13.8 Å². The summed E-state index contributed by atoms with van der Waals surface area (Å²) in [4.78, 5) is 36.5. The lowest BCUT2D eigenvalue weighted by atomic mass is 10.1. The summed E-state index contributed by atoms with van der Waals surface area (Å²) >= 11 is 0. The molecule has 13 nitrogen and oxygen atoms in total. The molecule has 2 heterocycles. The van der Waals surface area contributed by atoms with Crippen LogP contribution in [0.3, 0.4) is 0 Å². The number of amides is 2. The van der Waals surface area contributed by atoms with E-state index in [9.17, 15) is 35.6 Å². The largest absolute Gasteiger partial charge is 0.379 e. The summed E-state index contributed by atoms with van der Waals surface area (Å²) in [6.07, 6.45) is 0. The first-order valence-electron chi connectivity index (χ1n) is 17.2. The van der Waals surface area contributed by atoms with Gasteiger partial charge in [-0.2, -0.15) is 8.61 Å². The number of halogens is 1. The minimum absolute atomic E-state index is 0. The van der Waals surface area contributed by atoms with E-state index in [-0.39, 0.29) is 67.1 Å². The van der Waals surface area contributed by atoms with Crippen molar-refractivity contribution in [3.63, 3.8) is 0 Å². The summed E-state index contributed by atoms with van der Waals surface area (Å²) in [5, 5.41) is 5.24. The van der Waals surface area contributed by atoms with E-state index < -0.39 is 37.7 Å². The smallest absolute Gasteiger partial charge is 0.255 e. The van der Waals surface area contributed by atoms with Gasteiger partial charge in [0.1, 0.15) is 15.6 Å². The van der Waals surface area contributed by atoms with Crippen LogP contribution in [0.5, 0.6) is 0 Å². The summed E-state index contributed by atoms with van der Waals surface area (Å²) in [5.74, 6) is -1.60. The minimum Gasteiger partial charge on any atom is -0.379 e. The fraction of sp³-hybridized carbons (Fsp3) is 0.289. The highest BCUT2D eigenvalue weighted by Crippen LogP contribution is 2.27. The normalized spacial score (nSPS) is 15.0. The topological polar surface area (TPSA) is 168 Å². The fourth-order valence-electron chi connectivity index (χ4n) is 5.31. The first-order chi connectivity index (χ1) is 25.9. The quantitative estimate of drug-likeness (QED) is 0.200. The van der Waals surface area contributed by atoms with Gasteiger partial charge in [0.2, 0.25) is 20.0 Å². The SMILES string of the molecule is CC.CC(=O)c1cccc(C(=O)Nc2ccccc2S(=O)(=O)N2CCOCC2)c1.O=C(Nc1ccccc1S(=O)(=O)N1CCOCC1)c1ccc(F)cc1.[HH].[HH]. The van der Waals surface area contributed by atoms with Crippen molar-refractivity contribution in [2.24, 2.45) is 0 Å². The molecular formula is C38H47FN4O9S2. The summed E-state index contributed by atoms with van der Waals surface area (Å²) in [6, 6.07) is 23.8. The Labute approximate surface area is 318 Å². The van der Waals surface area contributed by atoms with Gasteiger partial charge in [0.05, 0.1) is 37.8 Å². The molecule has 0 bridgehead atoms. The van der Waals surface area contributed by atoms with Gasteiger partial charge in [0, 0.05) is 45.7 Å². The molecule has 0 radical (unpaired) electrons. The van der Waals surface area contributed by atoms with Crippen molar-refractivity contribution in [1.29, 1.82) is 0 Å². The zero-order chi connectivity index (χ0) is 39.3. The van der Waals surface area contributed by atoms with Crippen LogP contribution in [0.15, 0.2) is 107 Å². The molecule has 0 aliphatic carbocycles. The third kappa shape index (κ3) is 10.6. The maximum absolute atomic E-state index is 13.0. The monoisotopic (exact) mass is 786 g/mol. The molecule has 0 unspecified atom stereocenters. The molecule has 6 rings (SSSR count). The van der Waals surface area contributed by atoms with E-state index in [4.69, 9.17) is 9.47 Å². The molecule has 0 atom stereocenters. The van der Waals surface area contributed by atoms with Crippen LogP contribution in [-0.4, -0.2) is 95.7 Å². The molecular weight excluding hydrogens is 740 g/mol. The second kappa shape index (κ2) is 19.5. The number of hydrogen-bond donors (Lipinski definition) is 2. The van der Waals surface area contributed by atoms with Crippen molar-refractivity contribution in [3.05, 3.63) is 120 Å². The molecule has 0 spiro atoms. The Kier molecular flexibility index (Phi) is 15.1. The molecule has 2 aliphatic rings. The number of morpholine rings is 2. The van der Waals surface area contributed by atoms with Gasteiger partial charge in [-0.3, -0.25) is 14.4 Å². The number of ketones is 1. The average Bonchev–Trinajstić information content (AvgIpc) is 3.20. The standard InChI is InChI=1S/C19H20N2O5S.C17H17FN2O4S.C2H6.2H2/c1-14(22)15-5-4-6-16(13-15)19(23)20-17-7-2-3-8-18(17)27(24,25)21-9-11-26-12-10-21;18-14-7-5-13(6-8-14)17(21)19-15-3-1-2-4-16(15)25(22,23)20-9-11-24-12-10-20;1-2;;/h2-8,13H,9-12H2,1H3,(H,20,23);1-8H,9-12H2,(H,19,21);1-2H3;2*1H. The predicted octanol–water partition coefficient (Wildman–Crippen LogP) is 5.78. The van der Waals surface area contributed by atoms with E-state index in [1.165, 1.54) is 64.1 Å². The second-order valence-electron chi connectivity index (χ2n) is 11.6. The number of nitrogens with one attached hydrogen (secondary N) is 2. The molecule has 4 aromatic carbocycles. The zero-order valence-corrected chi connectivity index (χ0v) is 31.8. The van der Waals surface area contributed by atoms with Gasteiger partial charge in [-0.25, -0.2) is 21.2 Å². The third-order valence-electron chi connectivity index (χ3n) is 8.08. The molecule has 2 N–H and O–H groups in total. The Morgan fingerprint density at radius 1 is 0.593 bits per heavy atom. The number of hydrogen-bond acceptors (Lipinski definition) is 9. The van der Waals surface area contributed by atoms with Crippen molar-refractivity contribution in [2.75, 3.05) is 63.2 Å². The Bertz CT molecular complexity index is 2150. The molecule has 4 aromatic rings. The number of carbonyl (C=O) groups is 3. The average molecular weight is 787 g/mol. The van der Waals surface area contributed by atoms with Gasteiger partial charge in [0.25, 0.3) is 11.8 Å². The first kappa shape index (κ1) is 41.9. The Hall–Kier alpha value is -4.84. The van der Waals surface area contributed by atoms with Gasteiger partial charge < -0.3 is 20.1 Å². The van der Waals surface area contributed by atoms with Gasteiger partial charge in [-0.05, 0) is 67.6 Å². The molecule has 2 aliphatic heterocycles. The maximum Gasteiger partial charge on any atom is 0.255 e. The van der Waals surface area contributed by atoms with Crippen LogP contribution in [0, 0.1) is 5.82 Å². The summed E-state index contributed by atoms with van der Waals surface area (Å²) in [7, 11) is -7.51. The minimum atomic E-state index is -3.76. The molecule has 0 aromatic heterocycles. The van der Waals surface area contributed by atoms with Gasteiger partial charge in [-0.1, -0.05) is 50.2 Å². The highest BCUT2D eigenvalue weighted by atomic mass is 32.2. The molecule has 292 valence electrons. The van der Waals surface area contributed by atoms with Crippen molar-refractivity contribution >= 4 is 49.0 Å². The number of rotatable bonds is 9. The van der Waals surface area contributed by atoms with Crippen LogP contribution in [-0.2, 0) is 29.5 Å². The Morgan fingerprint density at radius 3 is 1.44 bits per heavy atom. The molecule has 2 fully saturated rings. The van der Waals surface area contributed by atoms with E-state index >= 15 is 0 Å². The molecule has 2 saturated heterocycles. The Morgan fingerprint density at radius 2 is 1.00 bits per heavy atom. The third-order valence-corrected chi connectivity index (χ3v) is 12.0. The number of anilines is 2. The lowest BCUT2D eigenvalue weighted by molar-refractivity contribution is 0.0730. The van der Waals surface area contributed by atoms with Crippen molar-refractivity contribution < 1.29 is 47.9 Å². The van der Waals surface area contributed by atoms with Crippen LogP contribution >= 0.6 is 0 Å². The number of Topliss-reactive ketones (excluding diaryl/α,β-unsaturated/α-hetero) is 1. The van der Waals surface area contributed by atoms with Crippen molar-refractivity contribution in [1.82, 2.24) is 8.61 Å². The van der Waals surface area contributed by atoms with Crippen molar-refractivity contribution in [2.45, 2.75) is 30.6 Å². The van der Waals surface area contributed by atoms with Gasteiger partial charge in [-0.15, -0.1) is 0 Å². The lowest BCUT2D eigenvalue weighted by Crippen LogP contribution is -2.40. The first-order valence-corrected chi connectivity index (χ1v) is 20.1. The summed E-state index contributed by atoms with van der Waals surface area (Å²) in [6.45, 7) is 7.84. The summed E-state index contributed by atoms with van der Waals surface area (Å²) < 4.78 is 77.6. The fourth-order valence-corrected chi connectivity index (χ4v) is 8.42. The van der Waals surface area contributed by atoms with Crippen LogP contribution in [0.1, 0.15) is 54.7 Å². The van der Waals surface area contributed by atoms with E-state index in [0.717, 1.165) is 0 Å². The van der Waals surface area contributed by atoms with E-state index in [0.29, 0.717) is 32.0 Å². The summed E-state index contributed by atoms with van der Waals surface area (Å²) in [5.41, 5.74) is 1.31. The molecule has 54 heavy (non-hydrogen) atoms. The number of benzene rings is 4. The van der Waals surface area contributed by atoms with Crippen LogP contribution in [0.4, 0.5) is 15.8 Å². The van der Waals surface area contributed by atoms with Crippen molar-refractivity contribution in [3.8, 4) is 0 Å². The van der Waals surface area contributed by atoms with Crippen LogP contribution in [0.25, 0.3) is 0 Å². The molecule has 2 amide bonds. The molecule has 0 saturated carbocycles. The number of carbonyl (C=O) groups excluding carboxylic acids is 3. The maximum atomic E-state index is 13.0. The van der Waals surface area contributed by atoms with E-state index in [1.54, 1.807) is 48.5 Å². The zero-order valence-electron chi connectivity index (χ0n) is 30.2. The second-order valence-corrected chi connectivity index (χ2v) is 15.4. The van der Waals surface area contributed by atoms with Gasteiger partial charge >= 0.3 is 0 Å². The van der Waals surface area contributed by atoms with Gasteiger partial charge in [0.15, 0.2) is 5.78 Å². The van der Waals surface area contributed by atoms with Crippen LogP contribution in [0.2, 0.25) is 0 Å². The Balaban J connectivity index is 0.000000359. The van der Waals surface area contributed by atoms with E-state index in [2.05, 4.69) is 10.6 Å². The lowest BCUT2D eigenvalue weighted by Gasteiger charge is -2.27. The highest BCUT2D eigenvalue weighted by molar-refractivity contribution is 7.89. The highest BCUT2D eigenvalue weighted by Gasteiger charge is 2.30.